The van der Waals surface area contributed by atoms with E-state index in [9.17, 15) is 9.59 Å². The first-order chi connectivity index (χ1) is 7.63. The van der Waals surface area contributed by atoms with Gasteiger partial charge in [-0.15, -0.1) is 0 Å². The maximum atomic E-state index is 11.0. The van der Waals surface area contributed by atoms with Gasteiger partial charge in [0, 0.05) is 13.5 Å². The molecule has 7 nitrogen and oxygen atoms in total. The van der Waals surface area contributed by atoms with E-state index < -0.39 is 12.1 Å². The van der Waals surface area contributed by atoms with Gasteiger partial charge >= 0.3 is 12.1 Å². The van der Waals surface area contributed by atoms with Crippen LogP contribution in [0.15, 0.2) is 4.99 Å². The summed E-state index contributed by atoms with van der Waals surface area (Å²) in [5.41, 5.74) is 2.23. The van der Waals surface area contributed by atoms with Gasteiger partial charge in [-0.2, -0.15) is 5.48 Å². The molecule has 0 atom stereocenters. The van der Waals surface area contributed by atoms with Gasteiger partial charge < -0.3 is 9.57 Å². The number of guanidine groups is 1. The van der Waals surface area contributed by atoms with Crippen LogP contribution in [0.1, 0.15) is 26.7 Å². The topological polar surface area (TPSA) is 89.0 Å². The van der Waals surface area contributed by atoms with E-state index in [2.05, 4.69) is 25.4 Å². The molecule has 7 heteroatoms. The third kappa shape index (κ3) is 6.63. The van der Waals surface area contributed by atoms with Crippen molar-refractivity contribution >= 4 is 18.0 Å². The summed E-state index contributed by atoms with van der Waals surface area (Å²) in [4.78, 5) is 30.3. The molecule has 0 aromatic heterocycles. The SMILES string of the molecule is CCCC(=O)ONC(=NC)NC(=O)OCC. The highest BCUT2D eigenvalue weighted by atomic mass is 16.7. The van der Waals surface area contributed by atoms with Crippen LogP contribution in [0.2, 0.25) is 0 Å². The summed E-state index contributed by atoms with van der Waals surface area (Å²) in [7, 11) is 1.43. The summed E-state index contributed by atoms with van der Waals surface area (Å²) < 4.78 is 4.62. The Hall–Kier alpha value is -1.79. The van der Waals surface area contributed by atoms with Crippen molar-refractivity contribution in [3.63, 3.8) is 0 Å². The second-order valence-electron chi connectivity index (χ2n) is 2.74. The first-order valence-electron chi connectivity index (χ1n) is 5.00. The van der Waals surface area contributed by atoms with Crippen molar-refractivity contribution in [3.05, 3.63) is 0 Å². The number of hydrogen-bond acceptors (Lipinski definition) is 5. The Morgan fingerprint density at radius 2 is 2.00 bits per heavy atom. The summed E-state index contributed by atoms with van der Waals surface area (Å²) >= 11 is 0. The molecule has 0 bridgehead atoms. The number of alkyl carbamates (subject to hydrolysis) is 1. The molecule has 0 spiro atoms. The van der Waals surface area contributed by atoms with Gasteiger partial charge in [0.15, 0.2) is 0 Å². The number of carbonyl (C=O) groups excluding carboxylic acids is 2. The number of ether oxygens (including phenoxy) is 1. The van der Waals surface area contributed by atoms with Crippen molar-refractivity contribution in [2.45, 2.75) is 26.7 Å². The number of hydrogen-bond donors (Lipinski definition) is 2. The molecule has 92 valence electrons. The molecule has 16 heavy (non-hydrogen) atoms. The molecule has 0 aliphatic carbocycles. The van der Waals surface area contributed by atoms with E-state index in [1.165, 1.54) is 7.05 Å². The summed E-state index contributed by atoms with van der Waals surface area (Å²) in [6.07, 6.45) is 0.315. The molecule has 0 saturated heterocycles. The van der Waals surface area contributed by atoms with Gasteiger partial charge in [-0.1, -0.05) is 6.92 Å². The molecule has 2 N–H and O–H groups in total. The molecular weight excluding hydrogens is 214 g/mol. The van der Waals surface area contributed by atoms with Crippen molar-refractivity contribution in [3.8, 4) is 0 Å². The molecule has 0 aromatic carbocycles. The lowest BCUT2D eigenvalue weighted by Crippen LogP contribution is -2.42. The van der Waals surface area contributed by atoms with Crippen LogP contribution in [0.4, 0.5) is 4.79 Å². The molecule has 0 saturated carbocycles. The number of nitrogens with one attached hydrogen (secondary N) is 2. The van der Waals surface area contributed by atoms with Crippen LogP contribution in [0, 0.1) is 0 Å². The third-order valence-corrected chi connectivity index (χ3v) is 1.44. The fraction of sp³-hybridized carbons (Fsp3) is 0.667. The lowest BCUT2D eigenvalue weighted by Gasteiger charge is -2.09. The van der Waals surface area contributed by atoms with Crippen molar-refractivity contribution < 1.29 is 19.2 Å². The minimum Gasteiger partial charge on any atom is -0.450 e. The Bertz CT molecular complexity index is 265. The number of nitrogens with zero attached hydrogens (tertiary/aromatic N) is 1. The van der Waals surface area contributed by atoms with Crippen LogP contribution in [-0.4, -0.2) is 31.7 Å². The molecule has 0 aliphatic heterocycles. The second kappa shape index (κ2) is 8.51. The average molecular weight is 231 g/mol. The first kappa shape index (κ1) is 14.2. The molecule has 1 amide bonds. The Kier molecular flexibility index (Phi) is 7.56. The Balaban J connectivity index is 3.93. The van der Waals surface area contributed by atoms with Crippen molar-refractivity contribution in [2.75, 3.05) is 13.7 Å². The van der Waals surface area contributed by atoms with E-state index in [1.807, 2.05) is 6.92 Å². The minimum absolute atomic E-state index is 0.0166. The van der Waals surface area contributed by atoms with Crippen molar-refractivity contribution in [1.29, 1.82) is 0 Å². The molecule has 0 unspecified atom stereocenters. The Morgan fingerprint density at radius 3 is 2.50 bits per heavy atom. The zero-order chi connectivity index (χ0) is 12.4. The van der Waals surface area contributed by atoms with E-state index in [0.29, 0.717) is 12.8 Å². The maximum absolute atomic E-state index is 11.0. The first-order valence-corrected chi connectivity index (χ1v) is 5.00. The second-order valence-corrected chi connectivity index (χ2v) is 2.74. The highest BCUT2D eigenvalue weighted by Gasteiger charge is 2.07. The third-order valence-electron chi connectivity index (χ3n) is 1.44. The smallest absolute Gasteiger partial charge is 0.414 e. The van der Waals surface area contributed by atoms with Crippen LogP contribution < -0.4 is 10.8 Å². The van der Waals surface area contributed by atoms with Crippen LogP contribution in [0.5, 0.6) is 0 Å². The lowest BCUT2D eigenvalue weighted by molar-refractivity contribution is -0.148. The molecule has 0 heterocycles. The van der Waals surface area contributed by atoms with Crippen LogP contribution in [0.25, 0.3) is 0 Å². The van der Waals surface area contributed by atoms with E-state index in [4.69, 9.17) is 0 Å². The van der Waals surface area contributed by atoms with Gasteiger partial charge in [0.05, 0.1) is 6.61 Å². The zero-order valence-electron chi connectivity index (χ0n) is 9.70. The predicted octanol–water partition coefficient (Wildman–Crippen LogP) is 0.566. The van der Waals surface area contributed by atoms with Gasteiger partial charge in [0.1, 0.15) is 0 Å². The largest absolute Gasteiger partial charge is 0.450 e. The monoisotopic (exact) mass is 231 g/mol. The predicted molar refractivity (Wildman–Crippen MR) is 57.7 cm³/mol. The molecule has 0 aromatic rings. The Labute approximate surface area is 94.2 Å². The minimum atomic E-state index is -0.665. The number of hydroxylamine groups is 1. The fourth-order valence-corrected chi connectivity index (χ4v) is 0.751. The normalized spacial score (nSPS) is 10.6. The maximum Gasteiger partial charge on any atom is 0.414 e. The summed E-state index contributed by atoms with van der Waals surface area (Å²) in [6, 6.07) is 0. The highest BCUT2D eigenvalue weighted by Crippen LogP contribution is 1.88. The van der Waals surface area contributed by atoms with Crippen LogP contribution >= 0.6 is 0 Å². The van der Waals surface area contributed by atoms with Crippen molar-refractivity contribution in [2.24, 2.45) is 4.99 Å². The summed E-state index contributed by atoms with van der Waals surface area (Å²) in [6.45, 7) is 3.78. The molecular formula is C9H17N3O4. The average Bonchev–Trinajstić information content (AvgIpc) is 2.25. The highest BCUT2D eigenvalue weighted by molar-refractivity contribution is 5.93. The fourth-order valence-electron chi connectivity index (χ4n) is 0.751. The van der Waals surface area contributed by atoms with Gasteiger partial charge in [-0.3, -0.25) is 10.3 Å². The molecule has 0 radical (unpaired) electrons. The lowest BCUT2D eigenvalue weighted by atomic mass is 10.3. The van der Waals surface area contributed by atoms with Gasteiger partial charge in [-0.25, -0.2) is 9.59 Å². The molecule has 0 fully saturated rings. The van der Waals surface area contributed by atoms with Gasteiger partial charge in [0.25, 0.3) is 0 Å². The summed E-state index contributed by atoms with van der Waals surface area (Å²) in [5.74, 6) is -0.405. The number of carbonyl (C=O) groups is 2. The van der Waals surface area contributed by atoms with E-state index in [1.54, 1.807) is 6.92 Å². The number of aliphatic imine (C=N–C) groups is 1. The van der Waals surface area contributed by atoms with Gasteiger partial charge in [-0.05, 0) is 13.3 Å². The van der Waals surface area contributed by atoms with Gasteiger partial charge in [0.2, 0.25) is 5.96 Å². The molecule has 0 aliphatic rings. The van der Waals surface area contributed by atoms with E-state index >= 15 is 0 Å². The quantitative estimate of drug-likeness (QED) is 0.421. The number of rotatable bonds is 3. The Morgan fingerprint density at radius 1 is 1.31 bits per heavy atom. The standard InChI is InChI=1S/C9H17N3O4/c1-4-6-7(13)16-12-8(10-3)11-9(14)15-5-2/h4-6H2,1-3H3,(H2,10,11,12,14). The van der Waals surface area contributed by atoms with Crippen molar-refractivity contribution in [1.82, 2.24) is 10.8 Å². The number of amides is 1. The van der Waals surface area contributed by atoms with Crippen LogP contribution in [0.3, 0.4) is 0 Å². The zero-order valence-corrected chi connectivity index (χ0v) is 9.70. The molecule has 0 rings (SSSR count). The van der Waals surface area contributed by atoms with Crippen LogP contribution in [-0.2, 0) is 14.4 Å². The van der Waals surface area contributed by atoms with E-state index in [0.717, 1.165) is 0 Å². The van der Waals surface area contributed by atoms with E-state index in [-0.39, 0.29) is 12.6 Å². The summed E-state index contributed by atoms with van der Waals surface area (Å²) in [5, 5.41) is 2.27.